The van der Waals surface area contributed by atoms with E-state index in [0.717, 1.165) is 11.4 Å². The molecule has 2 rings (SSSR count). The second-order valence-corrected chi connectivity index (χ2v) is 5.35. The number of carbonyl (C=O) groups is 3. The van der Waals surface area contributed by atoms with Crippen molar-refractivity contribution in [3.63, 3.8) is 0 Å². The highest BCUT2D eigenvalue weighted by atomic mass is 16.2. The van der Waals surface area contributed by atoms with Crippen LogP contribution < -0.4 is 16.2 Å². The number of nitrogens with one attached hydrogen (secondary N) is 3. The zero-order valence-corrected chi connectivity index (χ0v) is 13.7. The molecular formula is C16H19N5O3. The third kappa shape index (κ3) is 4.67. The van der Waals surface area contributed by atoms with E-state index in [1.807, 2.05) is 19.9 Å². The highest BCUT2D eigenvalue weighted by Gasteiger charge is 2.10. The van der Waals surface area contributed by atoms with Crippen molar-refractivity contribution in [2.75, 3.05) is 5.32 Å². The van der Waals surface area contributed by atoms with Gasteiger partial charge in [0.25, 0.3) is 11.8 Å². The Bertz CT molecular complexity index is 765. The molecule has 3 amide bonds. The Morgan fingerprint density at radius 3 is 2.29 bits per heavy atom. The Hall–Kier alpha value is -3.16. The van der Waals surface area contributed by atoms with Gasteiger partial charge in [-0.3, -0.25) is 29.9 Å². The summed E-state index contributed by atoms with van der Waals surface area (Å²) in [4.78, 5) is 34.8. The van der Waals surface area contributed by atoms with Crippen molar-refractivity contribution in [2.24, 2.45) is 0 Å². The van der Waals surface area contributed by atoms with Gasteiger partial charge < -0.3 is 5.32 Å². The molecule has 8 heteroatoms. The van der Waals surface area contributed by atoms with Crippen LogP contribution in [-0.4, -0.2) is 27.5 Å². The van der Waals surface area contributed by atoms with Crippen LogP contribution in [-0.2, 0) is 16.1 Å². The Labute approximate surface area is 139 Å². The average molecular weight is 329 g/mol. The molecule has 1 heterocycles. The smallest absolute Gasteiger partial charge is 0.269 e. The second-order valence-electron chi connectivity index (χ2n) is 5.35. The molecule has 0 aliphatic rings. The van der Waals surface area contributed by atoms with Gasteiger partial charge in [0, 0.05) is 23.9 Å². The van der Waals surface area contributed by atoms with Crippen molar-refractivity contribution in [2.45, 2.75) is 27.3 Å². The number of aromatic nitrogens is 2. The van der Waals surface area contributed by atoms with Crippen molar-refractivity contribution in [3.8, 4) is 0 Å². The lowest BCUT2D eigenvalue weighted by Gasteiger charge is -2.09. The summed E-state index contributed by atoms with van der Waals surface area (Å²) in [6.45, 7) is 5.11. The first-order chi connectivity index (χ1) is 11.3. The quantitative estimate of drug-likeness (QED) is 0.725. The maximum atomic E-state index is 12.0. The summed E-state index contributed by atoms with van der Waals surface area (Å²) >= 11 is 0. The van der Waals surface area contributed by atoms with Crippen LogP contribution in [0.25, 0.3) is 0 Å². The van der Waals surface area contributed by atoms with Crippen LogP contribution in [0.15, 0.2) is 30.3 Å². The number of hydrazine groups is 1. The van der Waals surface area contributed by atoms with Gasteiger partial charge in [-0.2, -0.15) is 5.10 Å². The van der Waals surface area contributed by atoms with Crippen molar-refractivity contribution >= 4 is 23.4 Å². The van der Waals surface area contributed by atoms with Crippen molar-refractivity contribution < 1.29 is 14.4 Å². The topological polar surface area (TPSA) is 105 Å². The predicted molar refractivity (Wildman–Crippen MR) is 88.1 cm³/mol. The number of carbonyl (C=O) groups excluding carboxylic acids is 3. The summed E-state index contributed by atoms with van der Waals surface area (Å²) in [6.07, 6.45) is 0. The van der Waals surface area contributed by atoms with Crippen LogP contribution >= 0.6 is 0 Å². The van der Waals surface area contributed by atoms with Crippen molar-refractivity contribution in [3.05, 3.63) is 47.3 Å². The lowest BCUT2D eigenvalue weighted by molar-refractivity contribution is -0.122. The number of benzene rings is 1. The summed E-state index contributed by atoms with van der Waals surface area (Å²) in [7, 11) is 0. The van der Waals surface area contributed by atoms with Gasteiger partial charge in [0.1, 0.15) is 6.54 Å². The van der Waals surface area contributed by atoms with Crippen LogP contribution in [0.5, 0.6) is 0 Å². The Kier molecular flexibility index (Phi) is 5.31. The standard InChI is InChI=1S/C16H19N5O3/c1-10-8-11(2)21(20-10)9-15(23)18-19-16(24)13-4-6-14(7-5-13)17-12(3)22/h4-8H,9H2,1-3H3,(H,17,22)(H,18,23)(H,19,24). The van der Waals surface area contributed by atoms with Gasteiger partial charge in [-0.15, -0.1) is 0 Å². The number of aryl methyl sites for hydroxylation is 2. The van der Waals surface area contributed by atoms with Crippen molar-refractivity contribution in [1.82, 2.24) is 20.6 Å². The van der Waals surface area contributed by atoms with Crippen LogP contribution in [0.3, 0.4) is 0 Å². The summed E-state index contributed by atoms with van der Waals surface area (Å²) in [5.74, 6) is -1.03. The fourth-order valence-corrected chi connectivity index (χ4v) is 2.12. The van der Waals surface area contributed by atoms with E-state index in [1.54, 1.807) is 28.9 Å². The molecule has 0 aliphatic heterocycles. The highest BCUT2D eigenvalue weighted by molar-refractivity contribution is 5.96. The fraction of sp³-hybridized carbons (Fsp3) is 0.250. The molecule has 0 unspecified atom stereocenters. The maximum absolute atomic E-state index is 12.0. The summed E-state index contributed by atoms with van der Waals surface area (Å²) in [6, 6.07) is 8.17. The number of amides is 3. The van der Waals surface area contributed by atoms with E-state index in [4.69, 9.17) is 0 Å². The summed E-state index contributed by atoms with van der Waals surface area (Å²) < 4.78 is 1.55. The van der Waals surface area contributed by atoms with Gasteiger partial charge in [-0.1, -0.05) is 0 Å². The molecule has 0 saturated carbocycles. The molecular weight excluding hydrogens is 310 g/mol. The third-order valence-corrected chi connectivity index (χ3v) is 3.18. The molecule has 1 aromatic carbocycles. The molecule has 0 saturated heterocycles. The lowest BCUT2D eigenvalue weighted by Crippen LogP contribution is -2.43. The normalized spacial score (nSPS) is 10.1. The first kappa shape index (κ1) is 17.2. The molecule has 2 aromatic rings. The van der Waals surface area contributed by atoms with Crippen molar-refractivity contribution in [1.29, 1.82) is 0 Å². The lowest BCUT2D eigenvalue weighted by atomic mass is 10.2. The number of hydrogen-bond acceptors (Lipinski definition) is 4. The van der Waals surface area contributed by atoms with E-state index in [-0.39, 0.29) is 18.4 Å². The van der Waals surface area contributed by atoms with Gasteiger partial charge in [0.05, 0.1) is 5.69 Å². The van der Waals surface area contributed by atoms with Gasteiger partial charge in [-0.05, 0) is 44.2 Å². The van der Waals surface area contributed by atoms with Crippen LogP contribution in [0.1, 0.15) is 28.7 Å². The van der Waals surface area contributed by atoms with Gasteiger partial charge >= 0.3 is 0 Å². The first-order valence-electron chi connectivity index (χ1n) is 7.33. The van der Waals surface area contributed by atoms with E-state index in [2.05, 4.69) is 21.3 Å². The minimum Gasteiger partial charge on any atom is -0.326 e. The molecule has 0 spiro atoms. The molecule has 0 radical (unpaired) electrons. The van der Waals surface area contributed by atoms with E-state index >= 15 is 0 Å². The number of nitrogens with zero attached hydrogens (tertiary/aromatic N) is 2. The van der Waals surface area contributed by atoms with Crippen LogP contribution in [0.4, 0.5) is 5.69 Å². The number of hydrogen-bond donors (Lipinski definition) is 3. The molecule has 3 N–H and O–H groups in total. The summed E-state index contributed by atoms with van der Waals surface area (Å²) in [5, 5.41) is 6.78. The van der Waals surface area contributed by atoms with Crippen LogP contribution in [0.2, 0.25) is 0 Å². The van der Waals surface area contributed by atoms with Gasteiger partial charge in [-0.25, -0.2) is 0 Å². The fourth-order valence-electron chi connectivity index (χ4n) is 2.12. The maximum Gasteiger partial charge on any atom is 0.269 e. The minimum atomic E-state index is -0.453. The molecule has 0 fully saturated rings. The molecule has 0 atom stereocenters. The predicted octanol–water partition coefficient (Wildman–Crippen LogP) is 0.920. The zero-order chi connectivity index (χ0) is 17.7. The Morgan fingerprint density at radius 1 is 1.08 bits per heavy atom. The molecule has 24 heavy (non-hydrogen) atoms. The molecule has 126 valence electrons. The third-order valence-electron chi connectivity index (χ3n) is 3.18. The van der Waals surface area contributed by atoms with E-state index in [9.17, 15) is 14.4 Å². The van der Waals surface area contributed by atoms with E-state index in [1.165, 1.54) is 6.92 Å². The number of rotatable bonds is 4. The molecule has 8 nitrogen and oxygen atoms in total. The minimum absolute atomic E-state index is 0.0153. The SMILES string of the molecule is CC(=O)Nc1ccc(C(=O)NNC(=O)Cn2nc(C)cc2C)cc1. The summed E-state index contributed by atoms with van der Waals surface area (Å²) in [5.41, 5.74) is 7.32. The van der Waals surface area contributed by atoms with Gasteiger partial charge in [0.15, 0.2) is 0 Å². The van der Waals surface area contributed by atoms with E-state index in [0.29, 0.717) is 11.3 Å². The zero-order valence-electron chi connectivity index (χ0n) is 13.7. The average Bonchev–Trinajstić information content (AvgIpc) is 2.82. The highest BCUT2D eigenvalue weighted by Crippen LogP contribution is 2.09. The molecule has 0 bridgehead atoms. The van der Waals surface area contributed by atoms with Gasteiger partial charge in [0.2, 0.25) is 5.91 Å². The molecule has 1 aromatic heterocycles. The number of anilines is 1. The molecule has 0 aliphatic carbocycles. The second kappa shape index (κ2) is 7.40. The first-order valence-corrected chi connectivity index (χ1v) is 7.33. The monoisotopic (exact) mass is 329 g/mol. The Balaban J connectivity index is 1.87. The Morgan fingerprint density at radius 2 is 1.75 bits per heavy atom. The van der Waals surface area contributed by atoms with E-state index < -0.39 is 5.91 Å². The van der Waals surface area contributed by atoms with Crippen LogP contribution in [0, 0.1) is 13.8 Å². The largest absolute Gasteiger partial charge is 0.326 e.